The van der Waals surface area contributed by atoms with Gasteiger partial charge in [0.05, 0.1) is 5.39 Å². The maximum absolute atomic E-state index is 4.17. The van der Waals surface area contributed by atoms with Gasteiger partial charge in [-0.1, -0.05) is 0 Å². The van der Waals surface area contributed by atoms with Gasteiger partial charge in [-0.2, -0.15) is 0 Å². The molecule has 0 radical (unpaired) electrons. The first-order chi connectivity index (χ1) is 6.31. The molecule has 2 aromatic heterocycles. The summed E-state index contributed by atoms with van der Waals surface area (Å²) in [6, 6.07) is 2.05. The first-order valence-electron chi connectivity index (χ1n) is 4.35. The fourth-order valence-electron chi connectivity index (χ4n) is 1.38. The highest BCUT2D eigenvalue weighted by molar-refractivity contribution is 5.87. The number of fused-ring (bicyclic) bond motifs is 1. The van der Waals surface area contributed by atoms with Gasteiger partial charge in [0.2, 0.25) is 0 Å². The second-order valence-corrected chi connectivity index (χ2v) is 2.97. The van der Waals surface area contributed by atoms with E-state index in [1.54, 1.807) is 6.33 Å². The Kier molecular flexibility index (Phi) is 1.88. The van der Waals surface area contributed by atoms with Gasteiger partial charge in [-0.25, -0.2) is 9.97 Å². The van der Waals surface area contributed by atoms with Gasteiger partial charge in [-0.05, 0) is 19.9 Å². The van der Waals surface area contributed by atoms with Gasteiger partial charge in [0, 0.05) is 12.2 Å². The molecule has 0 saturated carbocycles. The molecular formula is C9H12N4. The number of nitrogens with one attached hydrogen (secondary N) is 2. The van der Waals surface area contributed by atoms with E-state index in [1.165, 1.54) is 0 Å². The Morgan fingerprint density at radius 3 is 3.08 bits per heavy atom. The van der Waals surface area contributed by atoms with Crippen molar-refractivity contribution < 1.29 is 0 Å². The highest BCUT2D eigenvalue weighted by Crippen LogP contribution is 2.19. The van der Waals surface area contributed by atoms with Crippen LogP contribution in [-0.2, 0) is 0 Å². The van der Waals surface area contributed by atoms with Crippen molar-refractivity contribution in [2.75, 3.05) is 11.9 Å². The number of aryl methyl sites for hydroxylation is 1. The number of aromatic nitrogens is 3. The van der Waals surface area contributed by atoms with E-state index in [4.69, 9.17) is 0 Å². The summed E-state index contributed by atoms with van der Waals surface area (Å²) in [5.41, 5.74) is 2.00. The van der Waals surface area contributed by atoms with Crippen molar-refractivity contribution >= 4 is 16.9 Å². The number of rotatable bonds is 2. The fraction of sp³-hybridized carbons (Fsp3) is 0.333. The van der Waals surface area contributed by atoms with Crippen LogP contribution in [0.2, 0.25) is 0 Å². The molecule has 0 saturated heterocycles. The second-order valence-electron chi connectivity index (χ2n) is 2.97. The summed E-state index contributed by atoms with van der Waals surface area (Å²) in [7, 11) is 0. The van der Waals surface area contributed by atoms with E-state index < -0.39 is 0 Å². The van der Waals surface area contributed by atoms with Crippen LogP contribution < -0.4 is 5.32 Å². The van der Waals surface area contributed by atoms with Crippen LogP contribution in [0.4, 0.5) is 5.82 Å². The lowest BCUT2D eigenvalue weighted by atomic mass is 10.3. The van der Waals surface area contributed by atoms with Crippen LogP contribution >= 0.6 is 0 Å². The summed E-state index contributed by atoms with van der Waals surface area (Å²) >= 11 is 0. The summed E-state index contributed by atoms with van der Waals surface area (Å²) in [5, 5.41) is 4.25. The Morgan fingerprint density at radius 1 is 1.46 bits per heavy atom. The van der Waals surface area contributed by atoms with E-state index in [0.29, 0.717) is 0 Å². The highest BCUT2D eigenvalue weighted by atomic mass is 15.0. The minimum atomic E-state index is 0.871. The van der Waals surface area contributed by atoms with Gasteiger partial charge >= 0.3 is 0 Å². The summed E-state index contributed by atoms with van der Waals surface area (Å²) in [6.45, 7) is 4.93. The van der Waals surface area contributed by atoms with Crippen LogP contribution in [0, 0.1) is 6.92 Å². The van der Waals surface area contributed by atoms with E-state index >= 15 is 0 Å². The maximum atomic E-state index is 4.17. The fourth-order valence-corrected chi connectivity index (χ4v) is 1.38. The Hall–Kier alpha value is -1.58. The topological polar surface area (TPSA) is 53.6 Å². The SMILES string of the molecule is CCNc1ncnc2[nH]c(C)cc12. The zero-order valence-corrected chi connectivity index (χ0v) is 7.76. The Morgan fingerprint density at radius 2 is 2.31 bits per heavy atom. The average molecular weight is 176 g/mol. The molecule has 2 rings (SSSR count). The third-order valence-electron chi connectivity index (χ3n) is 1.90. The first kappa shape index (κ1) is 8.04. The standard InChI is InChI=1S/C9H12N4/c1-3-10-8-7-4-6(2)13-9(7)12-5-11-8/h4-5H,3H2,1-2H3,(H2,10,11,12,13). The van der Waals surface area contributed by atoms with Crippen LogP contribution in [0.5, 0.6) is 0 Å². The van der Waals surface area contributed by atoms with Crippen LogP contribution in [0.25, 0.3) is 11.0 Å². The third-order valence-corrected chi connectivity index (χ3v) is 1.90. The number of aromatic amines is 1. The molecule has 4 heteroatoms. The predicted molar refractivity (Wildman–Crippen MR) is 52.8 cm³/mol. The quantitative estimate of drug-likeness (QED) is 0.732. The molecule has 2 N–H and O–H groups in total. The van der Waals surface area contributed by atoms with Gasteiger partial charge < -0.3 is 10.3 Å². The van der Waals surface area contributed by atoms with E-state index in [0.717, 1.165) is 29.1 Å². The van der Waals surface area contributed by atoms with Crippen LogP contribution in [0.15, 0.2) is 12.4 Å². The molecule has 0 aromatic carbocycles. The highest BCUT2D eigenvalue weighted by Gasteiger charge is 2.03. The van der Waals surface area contributed by atoms with E-state index in [-0.39, 0.29) is 0 Å². The van der Waals surface area contributed by atoms with Gasteiger partial charge in [-0.3, -0.25) is 0 Å². The van der Waals surface area contributed by atoms with Crippen molar-refractivity contribution in [1.29, 1.82) is 0 Å². The molecule has 2 aromatic rings. The lowest BCUT2D eigenvalue weighted by Crippen LogP contribution is -1.99. The van der Waals surface area contributed by atoms with Crippen LogP contribution in [-0.4, -0.2) is 21.5 Å². The summed E-state index contributed by atoms with van der Waals surface area (Å²) in [5.74, 6) is 0.900. The molecule has 0 aliphatic rings. The van der Waals surface area contributed by atoms with Gasteiger partial charge in [0.15, 0.2) is 0 Å². The normalized spacial score (nSPS) is 10.6. The second kappa shape index (κ2) is 3.05. The molecule has 0 aliphatic carbocycles. The molecule has 68 valence electrons. The molecule has 0 spiro atoms. The number of hydrogen-bond acceptors (Lipinski definition) is 3. The number of anilines is 1. The zero-order chi connectivity index (χ0) is 9.26. The first-order valence-corrected chi connectivity index (χ1v) is 4.35. The summed E-state index contributed by atoms with van der Waals surface area (Å²) in [6.07, 6.45) is 1.57. The molecule has 0 aliphatic heterocycles. The van der Waals surface area contributed by atoms with Gasteiger partial charge in [0.25, 0.3) is 0 Å². The van der Waals surface area contributed by atoms with Gasteiger partial charge in [0.1, 0.15) is 17.8 Å². The summed E-state index contributed by atoms with van der Waals surface area (Å²) < 4.78 is 0. The zero-order valence-electron chi connectivity index (χ0n) is 7.76. The number of hydrogen-bond donors (Lipinski definition) is 2. The van der Waals surface area contributed by atoms with E-state index in [1.807, 2.05) is 19.9 Å². The van der Waals surface area contributed by atoms with Gasteiger partial charge in [-0.15, -0.1) is 0 Å². The molecule has 0 amide bonds. The Bertz CT molecular complexity index is 418. The molecule has 0 unspecified atom stereocenters. The van der Waals surface area contributed by atoms with Crippen molar-refractivity contribution in [1.82, 2.24) is 15.0 Å². The average Bonchev–Trinajstić information content (AvgIpc) is 2.47. The monoisotopic (exact) mass is 176 g/mol. The van der Waals surface area contributed by atoms with Crippen molar-refractivity contribution in [3.63, 3.8) is 0 Å². The predicted octanol–water partition coefficient (Wildman–Crippen LogP) is 1.70. The van der Waals surface area contributed by atoms with E-state index in [2.05, 4.69) is 20.3 Å². The third kappa shape index (κ3) is 1.35. The smallest absolute Gasteiger partial charge is 0.143 e. The van der Waals surface area contributed by atoms with Crippen LogP contribution in [0.3, 0.4) is 0 Å². The minimum absolute atomic E-state index is 0.871. The molecular weight excluding hydrogens is 164 g/mol. The van der Waals surface area contributed by atoms with Crippen molar-refractivity contribution in [2.45, 2.75) is 13.8 Å². The van der Waals surface area contributed by atoms with Crippen LogP contribution in [0.1, 0.15) is 12.6 Å². The Balaban J connectivity index is 2.60. The lowest BCUT2D eigenvalue weighted by molar-refractivity contribution is 1.13. The number of nitrogens with zero attached hydrogens (tertiary/aromatic N) is 2. The molecule has 0 atom stereocenters. The largest absolute Gasteiger partial charge is 0.370 e. The van der Waals surface area contributed by atoms with Crippen molar-refractivity contribution in [2.24, 2.45) is 0 Å². The maximum Gasteiger partial charge on any atom is 0.143 e. The van der Waals surface area contributed by atoms with Crippen molar-refractivity contribution in [3.8, 4) is 0 Å². The summed E-state index contributed by atoms with van der Waals surface area (Å²) in [4.78, 5) is 11.5. The van der Waals surface area contributed by atoms with E-state index in [9.17, 15) is 0 Å². The Labute approximate surface area is 76.4 Å². The molecule has 4 nitrogen and oxygen atoms in total. The molecule has 13 heavy (non-hydrogen) atoms. The molecule has 0 bridgehead atoms. The minimum Gasteiger partial charge on any atom is -0.370 e. The molecule has 2 heterocycles. The molecule has 0 fully saturated rings. The lowest BCUT2D eigenvalue weighted by Gasteiger charge is -2.01. The van der Waals surface area contributed by atoms with Crippen molar-refractivity contribution in [3.05, 3.63) is 18.1 Å². The number of H-pyrrole nitrogens is 1.